The number of anilines is 2. The first-order valence-electron chi connectivity index (χ1n) is 10.9. The Morgan fingerprint density at radius 3 is 2.56 bits per heavy atom. The molecule has 3 N–H and O–H groups in total. The van der Waals surface area contributed by atoms with Crippen LogP contribution in [0.3, 0.4) is 0 Å². The predicted molar refractivity (Wildman–Crippen MR) is 132 cm³/mol. The van der Waals surface area contributed by atoms with Gasteiger partial charge in [0.1, 0.15) is 17.4 Å². The monoisotopic (exact) mass is 454 g/mol. The Balaban J connectivity index is 1.61. The van der Waals surface area contributed by atoms with Crippen molar-refractivity contribution in [2.24, 2.45) is 0 Å². The Morgan fingerprint density at radius 1 is 0.971 bits per heavy atom. The highest BCUT2D eigenvalue weighted by atomic mass is 19.1. The predicted octanol–water partition coefficient (Wildman–Crippen LogP) is 4.87. The number of fused-ring (bicyclic) bond motifs is 1. The molecule has 2 aromatic heterocycles. The summed E-state index contributed by atoms with van der Waals surface area (Å²) in [6.45, 7) is 0.640. The minimum Gasteiger partial charge on any atom is -0.496 e. The number of benzene rings is 3. The summed E-state index contributed by atoms with van der Waals surface area (Å²) < 4.78 is 20.9. The van der Waals surface area contributed by atoms with E-state index in [1.165, 1.54) is 22.4 Å². The van der Waals surface area contributed by atoms with Crippen molar-refractivity contribution in [1.82, 2.24) is 19.7 Å². The van der Waals surface area contributed by atoms with Crippen molar-refractivity contribution in [3.8, 4) is 22.7 Å². The molecule has 34 heavy (non-hydrogen) atoms. The van der Waals surface area contributed by atoms with Crippen LogP contribution in [0.1, 0.15) is 5.56 Å². The molecule has 7 nitrogen and oxygen atoms in total. The van der Waals surface area contributed by atoms with E-state index in [1.54, 1.807) is 19.2 Å². The summed E-state index contributed by atoms with van der Waals surface area (Å²) >= 11 is 0. The molecule has 5 aromatic rings. The topological polar surface area (TPSA) is 90.9 Å². The lowest BCUT2D eigenvalue weighted by Crippen LogP contribution is -2.09. The fraction of sp³-hybridized carbons (Fsp3) is 0.115. The Hall–Kier alpha value is -4.46. The van der Waals surface area contributed by atoms with E-state index < -0.39 is 0 Å². The lowest BCUT2D eigenvalue weighted by molar-refractivity contribution is 0.416. The van der Waals surface area contributed by atoms with Gasteiger partial charge in [-0.25, -0.2) is 14.1 Å². The van der Waals surface area contributed by atoms with Crippen LogP contribution in [-0.4, -0.2) is 33.4 Å². The van der Waals surface area contributed by atoms with E-state index in [-0.39, 0.29) is 5.82 Å². The van der Waals surface area contributed by atoms with Crippen molar-refractivity contribution in [2.75, 3.05) is 24.7 Å². The second kappa shape index (κ2) is 9.19. The highest BCUT2D eigenvalue weighted by molar-refractivity contribution is 6.00. The zero-order valence-electron chi connectivity index (χ0n) is 18.6. The fourth-order valence-corrected chi connectivity index (χ4v) is 3.89. The number of nitrogen functional groups attached to an aromatic ring is 1. The molecule has 0 unspecified atom stereocenters. The Bertz CT molecular complexity index is 1450. The van der Waals surface area contributed by atoms with Gasteiger partial charge in [-0.1, -0.05) is 48.5 Å². The molecule has 0 amide bonds. The average Bonchev–Trinajstić information content (AvgIpc) is 3.20. The smallest absolute Gasteiger partial charge is 0.225 e. The molecule has 170 valence electrons. The zero-order chi connectivity index (χ0) is 23.5. The second-order valence-corrected chi connectivity index (χ2v) is 7.73. The third kappa shape index (κ3) is 4.13. The Morgan fingerprint density at radius 2 is 1.76 bits per heavy atom. The number of nitrogens with zero attached hydrogens (tertiary/aromatic N) is 4. The number of ether oxygens (including phenoxy) is 1. The van der Waals surface area contributed by atoms with Crippen LogP contribution in [-0.2, 0) is 6.42 Å². The molecule has 0 aliphatic rings. The summed E-state index contributed by atoms with van der Waals surface area (Å²) in [7, 11) is 1.61. The molecule has 0 fully saturated rings. The minimum atomic E-state index is -0.379. The lowest BCUT2D eigenvalue weighted by Gasteiger charge is -2.11. The third-order valence-electron chi connectivity index (χ3n) is 5.52. The van der Waals surface area contributed by atoms with Gasteiger partial charge in [0.15, 0.2) is 5.65 Å². The van der Waals surface area contributed by atoms with Crippen LogP contribution < -0.4 is 15.8 Å². The van der Waals surface area contributed by atoms with Crippen molar-refractivity contribution >= 4 is 22.8 Å². The van der Waals surface area contributed by atoms with Gasteiger partial charge in [0.05, 0.1) is 23.9 Å². The van der Waals surface area contributed by atoms with Crippen LogP contribution >= 0.6 is 0 Å². The van der Waals surface area contributed by atoms with Gasteiger partial charge in [0.2, 0.25) is 5.95 Å². The summed E-state index contributed by atoms with van der Waals surface area (Å²) in [5.74, 6) is 1.01. The number of rotatable bonds is 7. The van der Waals surface area contributed by atoms with Crippen molar-refractivity contribution in [1.29, 1.82) is 0 Å². The second-order valence-electron chi connectivity index (χ2n) is 7.73. The summed E-state index contributed by atoms with van der Waals surface area (Å²) in [6, 6.07) is 23.8. The van der Waals surface area contributed by atoms with Crippen LogP contribution in [0, 0.1) is 5.82 Å². The quantitative estimate of drug-likeness (QED) is 0.365. The molecule has 0 bridgehead atoms. The molecule has 8 heteroatoms. The number of nitrogens with one attached hydrogen (secondary N) is 1. The minimum absolute atomic E-state index is 0.317. The van der Waals surface area contributed by atoms with Crippen LogP contribution in [0.4, 0.5) is 16.2 Å². The van der Waals surface area contributed by atoms with Gasteiger partial charge >= 0.3 is 0 Å². The highest BCUT2D eigenvalue weighted by Gasteiger charge is 2.21. The molecule has 0 saturated heterocycles. The maximum Gasteiger partial charge on any atom is 0.225 e. The molecule has 3 aromatic carbocycles. The van der Waals surface area contributed by atoms with Crippen molar-refractivity contribution in [3.05, 3.63) is 90.2 Å². The normalized spacial score (nSPS) is 11.0. The highest BCUT2D eigenvalue weighted by Crippen LogP contribution is 2.37. The summed E-state index contributed by atoms with van der Waals surface area (Å²) in [5.41, 5.74) is 9.97. The van der Waals surface area contributed by atoms with E-state index in [4.69, 9.17) is 15.5 Å². The first-order chi connectivity index (χ1) is 16.6. The van der Waals surface area contributed by atoms with Crippen LogP contribution in [0.25, 0.3) is 28.0 Å². The SMILES string of the molecule is COc1ccccc1-c1nc(NCCc2ccccc2)nc2nn(-c3cccc(F)c3)c(N)c12. The Labute approximate surface area is 196 Å². The maximum absolute atomic E-state index is 13.9. The molecule has 0 aliphatic carbocycles. The summed E-state index contributed by atoms with van der Waals surface area (Å²) in [5, 5.41) is 8.45. The first-order valence-corrected chi connectivity index (χ1v) is 10.9. The van der Waals surface area contributed by atoms with Gasteiger partial charge < -0.3 is 15.8 Å². The van der Waals surface area contributed by atoms with E-state index in [1.807, 2.05) is 42.5 Å². The molecule has 0 radical (unpaired) electrons. The third-order valence-corrected chi connectivity index (χ3v) is 5.52. The van der Waals surface area contributed by atoms with Crippen molar-refractivity contribution in [2.45, 2.75) is 6.42 Å². The fourth-order valence-electron chi connectivity index (χ4n) is 3.89. The number of nitrogens with two attached hydrogens (primary N) is 1. The van der Waals surface area contributed by atoms with Gasteiger partial charge in [0, 0.05) is 12.1 Å². The lowest BCUT2D eigenvalue weighted by atomic mass is 10.1. The van der Waals surface area contributed by atoms with E-state index in [9.17, 15) is 4.39 Å². The van der Waals surface area contributed by atoms with Gasteiger partial charge in [0.25, 0.3) is 0 Å². The number of para-hydroxylation sites is 1. The standard InChI is InChI=1S/C26H23FN6O/c1-34-21-13-6-5-12-20(21)23-22-24(28)33(19-11-7-10-18(27)16-19)32-25(22)31-26(30-23)29-15-14-17-8-3-2-4-9-17/h2-13,16H,14-15,28H2,1H3,(H,29,31,32). The molecule has 0 saturated carbocycles. The van der Waals surface area contributed by atoms with Gasteiger partial charge in [-0.3, -0.25) is 0 Å². The van der Waals surface area contributed by atoms with E-state index in [0.29, 0.717) is 46.5 Å². The van der Waals surface area contributed by atoms with Gasteiger partial charge in [-0.15, -0.1) is 5.10 Å². The Kier molecular flexibility index (Phi) is 5.78. The van der Waals surface area contributed by atoms with E-state index in [0.717, 1.165) is 12.0 Å². The van der Waals surface area contributed by atoms with E-state index >= 15 is 0 Å². The molecule has 0 atom stereocenters. The van der Waals surface area contributed by atoms with Gasteiger partial charge in [-0.05, 0) is 42.3 Å². The molecule has 0 aliphatic heterocycles. The molecule has 0 spiro atoms. The molecule has 2 heterocycles. The maximum atomic E-state index is 13.9. The molecular weight excluding hydrogens is 431 g/mol. The van der Waals surface area contributed by atoms with Crippen LogP contribution in [0.5, 0.6) is 5.75 Å². The molecule has 5 rings (SSSR count). The first kappa shape index (κ1) is 21.4. The number of aromatic nitrogens is 4. The van der Waals surface area contributed by atoms with Crippen molar-refractivity contribution in [3.63, 3.8) is 0 Å². The average molecular weight is 455 g/mol. The van der Waals surface area contributed by atoms with Gasteiger partial charge in [-0.2, -0.15) is 4.98 Å². The number of hydrogen-bond acceptors (Lipinski definition) is 6. The largest absolute Gasteiger partial charge is 0.496 e. The number of halogens is 1. The van der Waals surface area contributed by atoms with Crippen molar-refractivity contribution < 1.29 is 9.13 Å². The molecular formula is C26H23FN6O. The number of methoxy groups -OCH3 is 1. The summed E-state index contributed by atoms with van der Waals surface area (Å²) in [4.78, 5) is 9.40. The van der Waals surface area contributed by atoms with Crippen LogP contribution in [0.15, 0.2) is 78.9 Å². The zero-order valence-corrected chi connectivity index (χ0v) is 18.6. The van der Waals surface area contributed by atoms with Crippen LogP contribution in [0.2, 0.25) is 0 Å². The summed E-state index contributed by atoms with van der Waals surface area (Å²) in [6.07, 6.45) is 0.812. The number of hydrogen-bond donors (Lipinski definition) is 2. The van der Waals surface area contributed by atoms with E-state index in [2.05, 4.69) is 27.5 Å².